The molecule has 0 saturated carbocycles. The Labute approximate surface area is 168 Å². The minimum Gasteiger partial charge on any atom is -0.342 e. The Balaban J connectivity index is 1.48. The van der Waals surface area contributed by atoms with E-state index in [0.29, 0.717) is 18.6 Å². The first-order chi connectivity index (χ1) is 13.0. The predicted molar refractivity (Wildman–Crippen MR) is 106 cm³/mol. The van der Waals surface area contributed by atoms with Gasteiger partial charge >= 0.3 is 0 Å². The maximum Gasteiger partial charge on any atom is 0.255 e. The van der Waals surface area contributed by atoms with Gasteiger partial charge in [0.1, 0.15) is 5.82 Å². The van der Waals surface area contributed by atoms with Crippen LogP contribution < -0.4 is 10.9 Å². The van der Waals surface area contributed by atoms with Gasteiger partial charge in [-0.15, -0.1) is 0 Å². The fourth-order valence-corrected chi connectivity index (χ4v) is 3.75. The molecule has 27 heavy (non-hydrogen) atoms. The van der Waals surface area contributed by atoms with E-state index in [0.717, 1.165) is 25.3 Å². The van der Waals surface area contributed by atoms with Crippen molar-refractivity contribution in [2.45, 2.75) is 31.3 Å². The maximum atomic E-state index is 13.6. The molecular formula is C20H22Cl2FN3O. The van der Waals surface area contributed by atoms with Gasteiger partial charge < -0.3 is 4.90 Å². The third kappa shape index (κ3) is 4.99. The van der Waals surface area contributed by atoms with Crippen molar-refractivity contribution in [3.05, 3.63) is 69.5 Å². The number of hydrogen-bond acceptors (Lipinski definition) is 3. The van der Waals surface area contributed by atoms with E-state index in [9.17, 15) is 9.18 Å². The number of halogens is 3. The van der Waals surface area contributed by atoms with E-state index in [2.05, 4.69) is 23.0 Å². The molecule has 0 aromatic heterocycles. The summed E-state index contributed by atoms with van der Waals surface area (Å²) in [6.45, 7) is 0.563. The Kier molecular flexibility index (Phi) is 6.71. The highest BCUT2D eigenvalue weighted by Gasteiger charge is 2.25. The van der Waals surface area contributed by atoms with Crippen molar-refractivity contribution in [3.63, 3.8) is 0 Å². The Morgan fingerprint density at radius 1 is 1.19 bits per heavy atom. The van der Waals surface area contributed by atoms with Crippen LogP contribution in [0.5, 0.6) is 0 Å². The molecule has 0 spiro atoms. The van der Waals surface area contributed by atoms with Gasteiger partial charge in [-0.05, 0) is 37.0 Å². The minimum atomic E-state index is -0.647. The third-order valence-corrected chi connectivity index (χ3v) is 5.42. The van der Waals surface area contributed by atoms with Gasteiger partial charge in [0.05, 0.1) is 15.6 Å². The third-order valence-electron chi connectivity index (χ3n) is 4.82. The summed E-state index contributed by atoms with van der Waals surface area (Å²) in [5.41, 5.74) is 8.04. The molecule has 1 amide bonds. The lowest BCUT2D eigenvalue weighted by Crippen LogP contribution is -2.32. The first kappa shape index (κ1) is 20.1. The van der Waals surface area contributed by atoms with Crippen molar-refractivity contribution in [1.82, 2.24) is 15.8 Å². The molecule has 0 aliphatic carbocycles. The molecule has 2 aromatic rings. The zero-order valence-electron chi connectivity index (χ0n) is 15.0. The predicted octanol–water partition coefficient (Wildman–Crippen LogP) is 4.59. The lowest BCUT2D eigenvalue weighted by molar-refractivity contribution is 0.0791. The molecule has 1 fully saturated rings. The Morgan fingerprint density at radius 2 is 1.93 bits per heavy atom. The molecule has 3 rings (SSSR count). The second-order valence-electron chi connectivity index (χ2n) is 6.80. The molecule has 4 nitrogen and oxygen atoms in total. The number of nitrogens with zero attached hydrogens (tertiary/aromatic N) is 1. The standard InChI is InChI=1S/C20H22Cl2FN3O/c1-26(20(27)15-11-18(23)17(22)12-16(15)21)9-5-8-14-10-19(25-24-14)13-6-3-2-4-7-13/h2-4,6-7,11-12,14,19,24-25H,5,8-10H2,1H3. The van der Waals surface area contributed by atoms with Crippen LogP contribution in [0.3, 0.4) is 0 Å². The fraction of sp³-hybridized carbons (Fsp3) is 0.350. The van der Waals surface area contributed by atoms with Crippen molar-refractivity contribution >= 4 is 29.1 Å². The van der Waals surface area contributed by atoms with Crippen molar-refractivity contribution in [1.29, 1.82) is 0 Å². The molecule has 2 atom stereocenters. The number of benzene rings is 2. The Hall–Kier alpha value is -1.66. The fourth-order valence-electron chi connectivity index (χ4n) is 3.28. The van der Waals surface area contributed by atoms with Crippen molar-refractivity contribution in [2.75, 3.05) is 13.6 Å². The van der Waals surface area contributed by atoms with E-state index < -0.39 is 5.82 Å². The molecule has 1 saturated heterocycles. The summed E-state index contributed by atoms with van der Waals surface area (Å²) in [5, 5.41) is 0.0672. The van der Waals surface area contributed by atoms with Crippen molar-refractivity contribution in [3.8, 4) is 0 Å². The number of amides is 1. The van der Waals surface area contributed by atoms with Crippen LogP contribution in [0.4, 0.5) is 4.39 Å². The second-order valence-corrected chi connectivity index (χ2v) is 7.61. The summed E-state index contributed by atoms with van der Waals surface area (Å²) in [5.74, 6) is -0.957. The minimum absolute atomic E-state index is 0.0908. The van der Waals surface area contributed by atoms with Gasteiger partial charge in [0, 0.05) is 25.7 Å². The highest BCUT2D eigenvalue weighted by Crippen LogP contribution is 2.26. The van der Waals surface area contributed by atoms with Gasteiger partial charge in [-0.1, -0.05) is 53.5 Å². The van der Waals surface area contributed by atoms with Crippen LogP contribution in [-0.4, -0.2) is 30.4 Å². The number of hydrazine groups is 1. The van der Waals surface area contributed by atoms with Gasteiger partial charge in [-0.3, -0.25) is 15.6 Å². The van der Waals surface area contributed by atoms with Crippen LogP contribution in [0, 0.1) is 5.82 Å². The molecule has 2 aromatic carbocycles. The maximum absolute atomic E-state index is 13.6. The van der Waals surface area contributed by atoms with Crippen molar-refractivity contribution in [2.24, 2.45) is 0 Å². The van der Waals surface area contributed by atoms with Gasteiger partial charge in [-0.25, -0.2) is 4.39 Å². The van der Waals surface area contributed by atoms with E-state index >= 15 is 0 Å². The SMILES string of the molecule is CN(CCCC1CC(c2ccccc2)NN1)C(=O)c1cc(F)c(Cl)cc1Cl. The number of rotatable bonds is 6. The van der Waals surface area contributed by atoms with E-state index in [1.807, 2.05) is 18.2 Å². The average Bonchev–Trinajstić information content (AvgIpc) is 3.13. The summed E-state index contributed by atoms with van der Waals surface area (Å²) >= 11 is 11.7. The normalized spacial score (nSPS) is 19.3. The largest absolute Gasteiger partial charge is 0.342 e. The van der Waals surface area contributed by atoms with Crippen LogP contribution in [-0.2, 0) is 0 Å². The average molecular weight is 410 g/mol. The molecule has 1 heterocycles. The highest BCUT2D eigenvalue weighted by atomic mass is 35.5. The second kappa shape index (κ2) is 9.02. The Bertz CT molecular complexity index is 803. The van der Waals surface area contributed by atoms with Crippen molar-refractivity contribution < 1.29 is 9.18 Å². The quantitative estimate of drug-likeness (QED) is 0.685. The van der Waals surface area contributed by atoms with Gasteiger partial charge in [0.2, 0.25) is 0 Å². The number of nitrogens with one attached hydrogen (secondary N) is 2. The molecule has 0 bridgehead atoms. The topological polar surface area (TPSA) is 44.4 Å². The molecule has 2 N–H and O–H groups in total. The molecular weight excluding hydrogens is 388 g/mol. The smallest absolute Gasteiger partial charge is 0.255 e. The molecule has 1 aliphatic rings. The van der Waals surface area contributed by atoms with E-state index in [1.165, 1.54) is 11.6 Å². The summed E-state index contributed by atoms with van der Waals surface area (Å²) in [7, 11) is 1.69. The van der Waals surface area contributed by atoms with E-state index in [-0.39, 0.29) is 21.5 Å². The first-order valence-electron chi connectivity index (χ1n) is 8.91. The van der Waals surface area contributed by atoms with Crippen LogP contribution in [0.2, 0.25) is 10.0 Å². The van der Waals surface area contributed by atoms with Crippen LogP contribution in [0.1, 0.15) is 41.2 Å². The number of carbonyl (C=O) groups is 1. The summed E-state index contributed by atoms with van der Waals surface area (Å²) < 4.78 is 13.6. The molecule has 144 valence electrons. The Morgan fingerprint density at radius 3 is 2.67 bits per heavy atom. The molecule has 7 heteroatoms. The lowest BCUT2D eigenvalue weighted by Gasteiger charge is -2.19. The van der Waals surface area contributed by atoms with Crippen LogP contribution in [0.15, 0.2) is 42.5 Å². The number of carbonyl (C=O) groups excluding carboxylic acids is 1. The summed E-state index contributed by atoms with van der Waals surface area (Å²) in [6.07, 6.45) is 2.75. The van der Waals surface area contributed by atoms with Crippen LogP contribution in [0.25, 0.3) is 0 Å². The monoisotopic (exact) mass is 409 g/mol. The molecule has 0 radical (unpaired) electrons. The zero-order valence-corrected chi connectivity index (χ0v) is 16.5. The van der Waals surface area contributed by atoms with Gasteiger partial charge in [0.25, 0.3) is 5.91 Å². The van der Waals surface area contributed by atoms with Gasteiger partial charge in [0.15, 0.2) is 0 Å². The lowest BCUT2D eigenvalue weighted by atomic mass is 10.00. The zero-order chi connectivity index (χ0) is 19.4. The van der Waals surface area contributed by atoms with E-state index in [4.69, 9.17) is 23.2 Å². The highest BCUT2D eigenvalue weighted by molar-refractivity contribution is 6.36. The summed E-state index contributed by atoms with van der Waals surface area (Å²) in [6, 6.07) is 13.3. The van der Waals surface area contributed by atoms with Gasteiger partial charge in [-0.2, -0.15) is 0 Å². The summed E-state index contributed by atoms with van der Waals surface area (Å²) in [4.78, 5) is 14.1. The van der Waals surface area contributed by atoms with Crippen LogP contribution >= 0.6 is 23.2 Å². The number of hydrogen-bond donors (Lipinski definition) is 2. The first-order valence-corrected chi connectivity index (χ1v) is 9.67. The van der Waals surface area contributed by atoms with E-state index in [1.54, 1.807) is 11.9 Å². The molecule has 2 unspecified atom stereocenters. The molecule has 1 aliphatic heterocycles.